The van der Waals surface area contributed by atoms with E-state index in [-0.39, 0.29) is 23.3 Å². The van der Waals surface area contributed by atoms with Crippen LogP contribution in [0.15, 0.2) is 59.7 Å². The largest absolute Gasteiger partial charge is 0.422 e. The molecule has 3 rings (SSSR count). The fourth-order valence-corrected chi connectivity index (χ4v) is 3.68. The van der Waals surface area contributed by atoms with Gasteiger partial charge in [-0.15, -0.1) is 0 Å². The fourth-order valence-electron chi connectivity index (χ4n) is 2.78. The molecule has 1 aliphatic heterocycles. The Balaban J connectivity index is 1.90. The summed E-state index contributed by atoms with van der Waals surface area (Å²) < 4.78 is 5.42. The second-order valence-electron chi connectivity index (χ2n) is 6.85. The van der Waals surface area contributed by atoms with Crippen LogP contribution in [0.3, 0.4) is 0 Å². The molecule has 9 heteroatoms. The molecule has 1 aliphatic rings. The third-order valence-corrected chi connectivity index (χ3v) is 5.28. The Morgan fingerprint density at radius 3 is 2.74 bits per heavy atom. The summed E-state index contributed by atoms with van der Waals surface area (Å²) in [5, 5.41) is 8.78. The van der Waals surface area contributed by atoms with Crippen LogP contribution < -0.4 is 10.1 Å². The maximum Gasteiger partial charge on any atom is 0.338 e. The molecule has 0 aromatic heterocycles. The van der Waals surface area contributed by atoms with Gasteiger partial charge in [-0.05, 0) is 42.8 Å². The number of hydrazone groups is 1. The lowest BCUT2D eigenvalue weighted by Crippen LogP contribution is -2.30. The molecule has 160 valence electrons. The van der Waals surface area contributed by atoms with Crippen LogP contribution in [-0.4, -0.2) is 33.6 Å². The van der Waals surface area contributed by atoms with E-state index in [1.165, 1.54) is 11.9 Å². The van der Waals surface area contributed by atoms with Crippen molar-refractivity contribution in [3.8, 4) is 5.75 Å². The molecule has 0 aliphatic carbocycles. The number of anilines is 1. The maximum atomic E-state index is 12.4. The first-order chi connectivity index (χ1) is 14.7. The lowest BCUT2D eigenvalue weighted by atomic mass is 10.1. The minimum Gasteiger partial charge on any atom is -0.422 e. The van der Waals surface area contributed by atoms with Crippen molar-refractivity contribution in [3.05, 3.63) is 70.8 Å². The number of hydrogen-bond acceptors (Lipinski definition) is 6. The highest BCUT2D eigenvalue weighted by molar-refractivity contribution is 8.14. The number of carbonyl (C=O) groups excluding carboxylic acids is 3. The van der Waals surface area contributed by atoms with Gasteiger partial charge in [-0.3, -0.25) is 9.59 Å². The van der Waals surface area contributed by atoms with E-state index in [9.17, 15) is 14.4 Å². The number of rotatable bonds is 6. The Hall–Kier alpha value is -3.10. The van der Waals surface area contributed by atoms with Gasteiger partial charge in [-0.2, -0.15) is 5.10 Å². The normalized spacial score (nSPS) is 13.5. The Kier molecular flexibility index (Phi) is 7.14. The third kappa shape index (κ3) is 5.96. The number of thioether (sulfide) groups is 1. The van der Waals surface area contributed by atoms with Crippen LogP contribution in [0, 0.1) is 0 Å². The number of halogens is 1. The van der Waals surface area contributed by atoms with Gasteiger partial charge in [-0.1, -0.05) is 42.1 Å². The second kappa shape index (κ2) is 9.80. The minimum atomic E-state index is -0.560. The van der Waals surface area contributed by atoms with Crippen molar-refractivity contribution >= 4 is 51.9 Å². The molecule has 0 bridgehead atoms. The molecule has 2 amide bonds. The summed E-state index contributed by atoms with van der Waals surface area (Å²) in [6.07, 6.45) is 0. The summed E-state index contributed by atoms with van der Waals surface area (Å²) in [6.45, 7) is 6.79. The number of amides is 2. The molecule has 0 fully saturated rings. The topological polar surface area (TPSA) is 88.1 Å². The average Bonchev–Trinajstić information content (AvgIpc) is 2.70. The van der Waals surface area contributed by atoms with Crippen LogP contribution in [0.2, 0.25) is 5.02 Å². The number of benzene rings is 2. The first-order valence-electron chi connectivity index (χ1n) is 9.29. The van der Waals surface area contributed by atoms with Gasteiger partial charge >= 0.3 is 11.2 Å². The van der Waals surface area contributed by atoms with E-state index in [4.69, 9.17) is 16.3 Å². The summed E-state index contributed by atoms with van der Waals surface area (Å²) in [5.41, 5.74) is 2.77. The molecule has 31 heavy (non-hydrogen) atoms. The van der Waals surface area contributed by atoms with Gasteiger partial charge in [0.05, 0.1) is 12.3 Å². The molecular weight excluding hydrogens is 438 g/mol. The summed E-state index contributed by atoms with van der Waals surface area (Å²) >= 11 is 7.24. The molecule has 0 saturated heterocycles. The van der Waals surface area contributed by atoms with Crippen molar-refractivity contribution in [3.63, 3.8) is 0 Å². The minimum absolute atomic E-state index is 0.181. The molecular formula is C22H20ClN3O4S. The number of hydrogen-bond donors (Lipinski definition) is 1. The van der Waals surface area contributed by atoms with E-state index in [0.717, 1.165) is 17.3 Å². The molecule has 0 saturated carbocycles. The molecule has 2 aromatic rings. The molecule has 1 N–H and O–H groups in total. The lowest BCUT2D eigenvalue weighted by molar-refractivity contribution is -0.130. The van der Waals surface area contributed by atoms with Crippen LogP contribution in [-0.2, 0) is 16.1 Å². The average molecular weight is 458 g/mol. The molecule has 1 heterocycles. The van der Waals surface area contributed by atoms with E-state index in [2.05, 4.69) is 17.0 Å². The predicted molar refractivity (Wildman–Crippen MR) is 123 cm³/mol. The first-order valence-corrected chi connectivity index (χ1v) is 10.6. The predicted octanol–water partition coefficient (Wildman–Crippen LogP) is 4.85. The lowest BCUT2D eigenvalue weighted by Gasteiger charge is -2.24. The zero-order chi connectivity index (χ0) is 22.5. The van der Waals surface area contributed by atoms with Crippen LogP contribution in [0.1, 0.15) is 25.0 Å². The summed E-state index contributed by atoms with van der Waals surface area (Å²) in [5.74, 6) is -0.145. The molecule has 7 nitrogen and oxygen atoms in total. The highest BCUT2D eigenvalue weighted by atomic mass is 35.5. The van der Waals surface area contributed by atoms with Gasteiger partial charge in [0, 0.05) is 34.5 Å². The van der Waals surface area contributed by atoms with Crippen LogP contribution in [0.25, 0.3) is 0 Å². The molecule has 0 unspecified atom stereocenters. The zero-order valence-corrected chi connectivity index (χ0v) is 18.5. The summed E-state index contributed by atoms with van der Waals surface area (Å²) in [7, 11) is 0. The van der Waals surface area contributed by atoms with Gasteiger partial charge in [0.2, 0.25) is 5.91 Å². The van der Waals surface area contributed by atoms with Gasteiger partial charge in [-0.25, -0.2) is 9.80 Å². The van der Waals surface area contributed by atoms with Crippen molar-refractivity contribution in [1.82, 2.24) is 5.01 Å². The molecule has 0 radical (unpaired) electrons. The number of esters is 1. The Morgan fingerprint density at radius 2 is 2.03 bits per heavy atom. The van der Waals surface area contributed by atoms with Crippen molar-refractivity contribution in [2.24, 2.45) is 5.10 Å². The number of ether oxygens (including phenoxy) is 1. The standard InChI is InChI=1S/C22H20ClN3O4S/c1-13(2)21(28)30-20-8-7-16(23)10-18(20)19-12-31-22(29)26(25-19)11-15-5-4-6-17(9-15)24-14(3)27/h4-10H,1,11-12H2,2-3H3,(H,24,27). The van der Waals surface area contributed by atoms with Crippen LogP contribution >= 0.6 is 23.4 Å². The number of carbonyl (C=O) groups is 3. The monoisotopic (exact) mass is 457 g/mol. The van der Waals surface area contributed by atoms with E-state index < -0.39 is 5.97 Å². The van der Waals surface area contributed by atoms with Gasteiger partial charge in [0.1, 0.15) is 5.75 Å². The van der Waals surface area contributed by atoms with Crippen molar-refractivity contribution in [2.45, 2.75) is 20.4 Å². The fraction of sp³-hybridized carbons (Fsp3) is 0.182. The quantitative estimate of drug-likeness (QED) is 0.380. The second-order valence-corrected chi connectivity index (χ2v) is 8.21. The Labute approximate surface area is 189 Å². The maximum absolute atomic E-state index is 12.4. The van der Waals surface area contributed by atoms with Crippen molar-refractivity contribution in [1.29, 1.82) is 0 Å². The Morgan fingerprint density at radius 1 is 1.26 bits per heavy atom. The van der Waals surface area contributed by atoms with Gasteiger partial charge in [0.15, 0.2) is 0 Å². The number of nitrogens with zero attached hydrogens (tertiary/aromatic N) is 2. The first kappa shape index (κ1) is 22.6. The SMILES string of the molecule is C=C(C)C(=O)Oc1ccc(Cl)cc1C1=NN(Cc2cccc(NC(C)=O)c2)C(=O)SC1. The van der Waals surface area contributed by atoms with E-state index in [0.29, 0.717) is 33.5 Å². The van der Waals surface area contributed by atoms with Gasteiger partial charge < -0.3 is 10.1 Å². The smallest absolute Gasteiger partial charge is 0.338 e. The van der Waals surface area contributed by atoms with Crippen LogP contribution in [0.4, 0.5) is 10.5 Å². The van der Waals surface area contributed by atoms with Crippen molar-refractivity contribution < 1.29 is 19.1 Å². The molecule has 2 aromatic carbocycles. The highest BCUT2D eigenvalue weighted by Gasteiger charge is 2.25. The summed E-state index contributed by atoms with van der Waals surface area (Å²) in [6, 6.07) is 12.0. The third-order valence-electron chi connectivity index (χ3n) is 4.17. The highest BCUT2D eigenvalue weighted by Crippen LogP contribution is 2.29. The van der Waals surface area contributed by atoms with Crippen LogP contribution in [0.5, 0.6) is 5.75 Å². The van der Waals surface area contributed by atoms with E-state index in [1.54, 1.807) is 43.3 Å². The zero-order valence-electron chi connectivity index (χ0n) is 17.0. The Bertz CT molecular complexity index is 1100. The summed E-state index contributed by atoms with van der Waals surface area (Å²) in [4.78, 5) is 35.7. The van der Waals surface area contributed by atoms with E-state index in [1.807, 2.05) is 6.07 Å². The molecule has 0 spiro atoms. The van der Waals surface area contributed by atoms with Crippen molar-refractivity contribution in [2.75, 3.05) is 11.1 Å². The van der Waals surface area contributed by atoms with E-state index >= 15 is 0 Å². The number of nitrogens with one attached hydrogen (secondary N) is 1. The molecule has 0 atom stereocenters. The van der Waals surface area contributed by atoms with Gasteiger partial charge in [0.25, 0.3) is 0 Å².